The number of carbonyl (C=O) groups is 1. The van der Waals surface area contributed by atoms with Gasteiger partial charge in [-0.15, -0.1) is 0 Å². The summed E-state index contributed by atoms with van der Waals surface area (Å²) in [6.45, 7) is 4.76. The quantitative estimate of drug-likeness (QED) is 0.644. The van der Waals surface area contributed by atoms with Crippen molar-refractivity contribution in [2.24, 2.45) is 0 Å². The first kappa shape index (κ1) is 13.4. The van der Waals surface area contributed by atoms with Crippen LogP contribution in [0.1, 0.15) is 26.7 Å². The molecule has 0 amide bonds. The minimum absolute atomic E-state index is 0.305. The lowest BCUT2D eigenvalue weighted by Gasteiger charge is -2.26. The first-order valence-corrected chi connectivity index (χ1v) is 4.93. The Bertz CT molecular complexity index is 180. The molecule has 1 N–H and O–H groups in total. The van der Waals surface area contributed by atoms with Gasteiger partial charge < -0.3 is 14.7 Å². The number of methoxy groups -OCH3 is 1. The Balaban J connectivity index is 4.01. The summed E-state index contributed by atoms with van der Waals surface area (Å²) in [4.78, 5) is 13.1. The molecular formula is C10H21NO3. The highest BCUT2D eigenvalue weighted by atomic mass is 16.5. The van der Waals surface area contributed by atoms with Gasteiger partial charge >= 0.3 is 5.97 Å². The van der Waals surface area contributed by atoms with E-state index in [4.69, 9.17) is 0 Å². The van der Waals surface area contributed by atoms with Crippen LogP contribution in [0.25, 0.3) is 0 Å². The van der Waals surface area contributed by atoms with Crippen molar-refractivity contribution >= 4 is 5.97 Å². The van der Waals surface area contributed by atoms with Gasteiger partial charge in [-0.25, -0.2) is 4.79 Å². The average Bonchev–Trinajstić information content (AvgIpc) is 2.12. The summed E-state index contributed by atoms with van der Waals surface area (Å²) in [5.74, 6) is -0.583. The topological polar surface area (TPSA) is 49.8 Å². The summed E-state index contributed by atoms with van der Waals surface area (Å²) in [6, 6.07) is 0. The summed E-state index contributed by atoms with van der Waals surface area (Å²) in [6.07, 6.45) is 2.17. The van der Waals surface area contributed by atoms with E-state index in [0.717, 1.165) is 19.4 Å². The van der Waals surface area contributed by atoms with Gasteiger partial charge in [0.15, 0.2) is 5.60 Å². The van der Waals surface area contributed by atoms with Crippen molar-refractivity contribution in [3.8, 4) is 0 Å². The van der Waals surface area contributed by atoms with Crippen LogP contribution >= 0.6 is 0 Å². The number of nitrogens with zero attached hydrogens (tertiary/aromatic N) is 1. The molecule has 0 aromatic heterocycles. The van der Waals surface area contributed by atoms with Gasteiger partial charge in [-0.05, 0) is 26.9 Å². The van der Waals surface area contributed by atoms with Crippen LogP contribution in [0.2, 0.25) is 0 Å². The molecule has 0 heterocycles. The van der Waals surface area contributed by atoms with Gasteiger partial charge in [0, 0.05) is 6.54 Å². The van der Waals surface area contributed by atoms with E-state index in [2.05, 4.69) is 11.7 Å². The highest BCUT2D eigenvalue weighted by Crippen LogP contribution is 2.08. The molecule has 0 spiro atoms. The first-order chi connectivity index (χ1) is 6.44. The lowest BCUT2D eigenvalue weighted by Crippen LogP contribution is -2.46. The van der Waals surface area contributed by atoms with Crippen LogP contribution in [-0.4, -0.2) is 48.8 Å². The van der Waals surface area contributed by atoms with E-state index in [9.17, 15) is 9.90 Å². The largest absolute Gasteiger partial charge is 0.467 e. The number of hydrogen-bond acceptors (Lipinski definition) is 4. The molecule has 0 aliphatic rings. The molecule has 1 unspecified atom stereocenters. The zero-order chi connectivity index (χ0) is 11.2. The van der Waals surface area contributed by atoms with Gasteiger partial charge in [-0.2, -0.15) is 0 Å². The minimum Gasteiger partial charge on any atom is -0.467 e. The Labute approximate surface area is 85.9 Å². The standard InChI is InChI=1S/C10H21NO3/c1-5-6-7-11(3)8-10(2,13)9(12)14-4/h13H,5-8H2,1-4H3. The number of rotatable bonds is 6. The van der Waals surface area contributed by atoms with E-state index in [1.807, 2.05) is 11.9 Å². The van der Waals surface area contributed by atoms with Gasteiger partial charge in [0.05, 0.1) is 7.11 Å². The smallest absolute Gasteiger partial charge is 0.338 e. The van der Waals surface area contributed by atoms with Crippen LogP contribution in [0.4, 0.5) is 0 Å². The number of carbonyl (C=O) groups excluding carboxylic acids is 1. The van der Waals surface area contributed by atoms with E-state index in [1.54, 1.807) is 0 Å². The molecule has 0 aromatic carbocycles. The summed E-state index contributed by atoms with van der Waals surface area (Å²) < 4.78 is 4.50. The molecule has 14 heavy (non-hydrogen) atoms. The predicted octanol–water partition coefficient (Wildman–Crippen LogP) is 0.642. The molecule has 0 radical (unpaired) electrons. The third kappa shape index (κ3) is 4.58. The highest BCUT2D eigenvalue weighted by Gasteiger charge is 2.32. The molecule has 1 atom stereocenters. The molecule has 0 bridgehead atoms. The zero-order valence-electron chi connectivity index (χ0n) is 9.54. The van der Waals surface area contributed by atoms with Gasteiger partial charge in [0.25, 0.3) is 0 Å². The number of hydrogen-bond donors (Lipinski definition) is 1. The fourth-order valence-electron chi connectivity index (χ4n) is 1.32. The van der Waals surface area contributed by atoms with Crippen molar-refractivity contribution in [2.45, 2.75) is 32.3 Å². The van der Waals surface area contributed by atoms with Gasteiger partial charge in [-0.1, -0.05) is 13.3 Å². The molecule has 0 saturated carbocycles. The zero-order valence-corrected chi connectivity index (χ0v) is 9.54. The Hall–Kier alpha value is -0.610. The van der Waals surface area contributed by atoms with Crippen molar-refractivity contribution < 1.29 is 14.6 Å². The number of likely N-dealkylation sites (N-methyl/N-ethyl adjacent to an activating group) is 1. The van der Waals surface area contributed by atoms with E-state index in [0.29, 0.717) is 6.54 Å². The normalized spacial score (nSPS) is 15.3. The molecule has 0 fully saturated rings. The minimum atomic E-state index is -1.41. The Kier molecular flexibility index (Phi) is 5.72. The van der Waals surface area contributed by atoms with Crippen molar-refractivity contribution in [1.29, 1.82) is 0 Å². The highest BCUT2D eigenvalue weighted by molar-refractivity contribution is 5.78. The van der Waals surface area contributed by atoms with Crippen LogP contribution < -0.4 is 0 Å². The van der Waals surface area contributed by atoms with Crippen LogP contribution in [0.15, 0.2) is 0 Å². The molecule has 0 rings (SSSR count). The van der Waals surface area contributed by atoms with Crippen molar-refractivity contribution in [3.63, 3.8) is 0 Å². The van der Waals surface area contributed by atoms with E-state index < -0.39 is 11.6 Å². The average molecular weight is 203 g/mol. The maximum Gasteiger partial charge on any atom is 0.338 e. The third-order valence-corrected chi connectivity index (χ3v) is 2.10. The Morgan fingerprint density at radius 1 is 1.57 bits per heavy atom. The molecule has 0 saturated heterocycles. The van der Waals surface area contributed by atoms with Gasteiger partial charge in [0.1, 0.15) is 0 Å². The fraction of sp³-hybridized carbons (Fsp3) is 0.900. The number of unbranched alkanes of at least 4 members (excludes halogenated alkanes) is 1. The third-order valence-electron chi connectivity index (χ3n) is 2.10. The SMILES string of the molecule is CCCCN(C)CC(C)(O)C(=O)OC. The second kappa shape index (κ2) is 5.98. The fourth-order valence-corrected chi connectivity index (χ4v) is 1.32. The van der Waals surface area contributed by atoms with E-state index in [1.165, 1.54) is 14.0 Å². The summed E-state index contributed by atoms with van der Waals surface area (Å²) in [7, 11) is 3.16. The lowest BCUT2D eigenvalue weighted by atomic mass is 10.1. The molecule has 84 valence electrons. The van der Waals surface area contributed by atoms with Gasteiger partial charge in [-0.3, -0.25) is 0 Å². The van der Waals surface area contributed by atoms with E-state index >= 15 is 0 Å². The Morgan fingerprint density at radius 3 is 2.57 bits per heavy atom. The predicted molar refractivity (Wildman–Crippen MR) is 55.0 cm³/mol. The molecule has 0 aliphatic carbocycles. The van der Waals surface area contributed by atoms with Crippen LogP contribution in [0, 0.1) is 0 Å². The molecule has 4 nitrogen and oxygen atoms in total. The van der Waals surface area contributed by atoms with E-state index in [-0.39, 0.29) is 0 Å². The number of esters is 1. The first-order valence-electron chi connectivity index (χ1n) is 4.93. The monoisotopic (exact) mass is 203 g/mol. The summed E-state index contributed by atoms with van der Waals surface area (Å²) in [5.41, 5.74) is -1.41. The second-order valence-corrected chi connectivity index (χ2v) is 3.86. The maximum atomic E-state index is 11.1. The van der Waals surface area contributed by atoms with Crippen molar-refractivity contribution in [3.05, 3.63) is 0 Å². The second-order valence-electron chi connectivity index (χ2n) is 3.86. The van der Waals surface area contributed by atoms with Gasteiger partial charge in [0.2, 0.25) is 0 Å². The molecule has 4 heteroatoms. The molecular weight excluding hydrogens is 182 g/mol. The number of aliphatic hydroxyl groups is 1. The summed E-state index contributed by atoms with van der Waals surface area (Å²) >= 11 is 0. The van der Waals surface area contributed by atoms with Crippen molar-refractivity contribution in [2.75, 3.05) is 27.2 Å². The maximum absolute atomic E-state index is 11.1. The van der Waals surface area contributed by atoms with Crippen LogP contribution in [-0.2, 0) is 9.53 Å². The summed E-state index contributed by atoms with van der Waals surface area (Å²) in [5, 5.41) is 9.74. The van der Waals surface area contributed by atoms with Crippen LogP contribution in [0.3, 0.4) is 0 Å². The lowest BCUT2D eigenvalue weighted by molar-refractivity contribution is -0.162. The Morgan fingerprint density at radius 2 is 2.14 bits per heavy atom. The molecule has 0 aliphatic heterocycles. The molecule has 0 aromatic rings. The van der Waals surface area contributed by atoms with Crippen molar-refractivity contribution in [1.82, 2.24) is 4.90 Å². The van der Waals surface area contributed by atoms with Crippen LogP contribution in [0.5, 0.6) is 0 Å². The number of ether oxygens (including phenoxy) is 1.